The Morgan fingerprint density at radius 2 is 0.917 bits per heavy atom. The number of ether oxygens (including phenoxy) is 4. The molecule has 1 aliphatic carbocycles. The van der Waals surface area contributed by atoms with Crippen LogP contribution in [0.2, 0.25) is 0 Å². The van der Waals surface area contributed by atoms with Crippen molar-refractivity contribution in [1.29, 1.82) is 0 Å². The second kappa shape index (κ2) is 9.45. The molecule has 3 saturated heterocycles. The Morgan fingerprint density at radius 3 is 1.31 bits per heavy atom. The highest BCUT2D eigenvalue weighted by atomic mass is 16.8. The molecule has 0 bridgehead atoms. The summed E-state index contributed by atoms with van der Waals surface area (Å²) < 4.78 is 26.7. The smallest absolute Gasteiger partial charge is 0.224 e. The molecule has 3 heterocycles. The number of hydrogen-bond acceptors (Lipinski definition) is 8. The maximum atomic E-state index is 10.9. The monoisotopic (exact) mass is 498 g/mol. The van der Waals surface area contributed by atoms with E-state index in [2.05, 4.69) is 0 Å². The third-order valence-corrected chi connectivity index (χ3v) is 8.23. The van der Waals surface area contributed by atoms with Crippen molar-refractivity contribution in [2.24, 2.45) is 0 Å². The molecule has 4 fully saturated rings. The van der Waals surface area contributed by atoms with Crippen LogP contribution < -0.4 is 0 Å². The highest BCUT2D eigenvalue weighted by Gasteiger charge is 2.69. The topological polar surface area (TPSA) is 118 Å². The van der Waals surface area contributed by atoms with Gasteiger partial charge in [-0.2, -0.15) is 0 Å². The van der Waals surface area contributed by atoms with Gasteiger partial charge in [-0.1, -0.05) is 60.7 Å². The fraction of sp³-hybridized carbons (Fsp3) is 0.571. The van der Waals surface area contributed by atoms with Crippen molar-refractivity contribution in [3.8, 4) is 0 Å². The molecule has 4 aliphatic rings. The van der Waals surface area contributed by atoms with Crippen molar-refractivity contribution in [3.63, 3.8) is 0 Å². The Bertz CT molecular complexity index is 953. The molecule has 6 rings (SSSR count). The van der Waals surface area contributed by atoms with Gasteiger partial charge in [-0.3, -0.25) is 0 Å². The van der Waals surface area contributed by atoms with Crippen LogP contribution in [-0.2, 0) is 18.9 Å². The molecule has 4 N–H and O–H groups in total. The van der Waals surface area contributed by atoms with Crippen molar-refractivity contribution in [2.75, 3.05) is 0 Å². The maximum Gasteiger partial charge on any atom is 0.224 e. The van der Waals surface area contributed by atoms with Crippen molar-refractivity contribution in [3.05, 3.63) is 71.8 Å². The van der Waals surface area contributed by atoms with Gasteiger partial charge in [-0.25, -0.2) is 0 Å². The zero-order valence-electron chi connectivity index (χ0n) is 20.1. The quantitative estimate of drug-likeness (QED) is 0.499. The number of benzene rings is 2. The molecule has 8 heteroatoms. The summed E-state index contributed by atoms with van der Waals surface area (Å²) in [4.78, 5) is 0. The van der Waals surface area contributed by atoms with Gasteiger partial charge in [0.2, 0.25) is 11.6 Å². The third kappa shape index (κ3) is 3.92. The fourth-order valence-corrected chi connectivity index (χ4v) is 6.35. The lowest BCUT2D eigenvalue weighted by molar-refractivity contribution is -0.512. The summed E-state index contributed by atoms with van der Waals surface area (Å²) in [6, 6.07) is 19.8. The molecule has 8 nitrogen and oxygen atoms in total. The van der Waals surface area contributed by atoms with Crippen LogP contribution in [-0.4, -0.2) is 68.6 Å². The van der Waals surface area contributed by atoms with Gasteiger partial charge in [0, 0.05) is 12.8 Å². The summed E-state index contributed by atoms with van der Waals surface area (Å²) in [7, 11) is 0. The highest BCUT2D eigenvalue weighted by molar-refractivity contribution is 5.21. The highest BCUT2D eigenvalue weighted by Crippen LogP contribution is 2.56. The first-order valence-corrected chi connectivity index (χ1v) is 13.0. The molecule has 2 spiro atoms. The van der Waals surface area contributed by atoms with E-state index in [1.807, 2.05) is 60.7 Å². The van der Waals surface area contributed by atoms with E-state index < -0.39 is 48.2 Å². The minimum absolute atomic E-state index is 0.279. The molecule has 0 aromatic heterocycles. The van der Waals surface area contributed by atoms with E-state index in [4.69, 9.17) is 18.9 Å². The van der Waals surface area contributed by atoms with E-state index >= 15 is 0 Å². The summed E-state index contributed by atoms with van der Waals surface area (Å²) in [5, 5.41) is 42.5. The van der Waals surface area contributed by atoms with Crippen molar-refractivity contribution in [2.45, 2.75) is 98.9 Å². The van der Waals surface area contributed by atoms with Crippen molar-refractivity contribution < 1.29 is 39.4 Å². The first-order valence-electron chi connectivity index (χ1n) is 13.0. The van der Waals surface area contributed by atoms with Crippen LogP contribution in [0, 0.1) is 0 Å². The van der Waals surface area contributed by atoms with E-state index in [0.717, 1.165) is 36.8 Å². The molecule has 0 amide bonds. The number of hydrogen-bond donors (Lipinski definition) is 4. The molecule has 2 aromatic rings. The third-order valence-electron chi connectivity index (χ3n) is 8.23. The fourth-order valence-electron chi connectivity index (χ4n) is 6.35. The maximum absolute atomic E-state index is 10.9. The largest absolute Gasteiger partial charge is 0.387 e. The summed E-state index contributed by atoms with van der Waals surface area (Å²) in [6.45, 7) is 0. The molecule has 3 aliphatic heterocycles. The van der Waals surface area contributed by atoms with E-state index in [1.54, 1.807) is 0 Å². The van der Waals surface area contributed by atoms with E-state index in [0.29, 0.717) is 12.8 Å². The minimum atomic E-state index is -1.58. The molecule has 2 aromatic carbocycles. The van der Waals surface area contributed by atoms with Crippen molar-refractivity contribution >= 4 is 0 Å². The van der Waals surface area contributed by atoms with Gasteiger partial charge in [0.05, 0.1) is 12.2 Å². The average Bonchev–Trinajstić information content (AvgIpc) is 2.93. The predicted octanol–water partition coefficient (Wildman–Crippen LogP) is 2.50. The molecular weight excluding hydrogens is 464 g/mol. The molecule has 0 radical (unpaired) electrons. The molecular formula is C28H34O8. The summed E-state index contributed by atoms with van der Waals surface area (Å²) in [5.74, 6) is -2.74. The second-order valence-electron chi connectivity index (χ2n) is 10.5. The minimum Gasteiger partial charge on any atom is -0.387 e. The standard InChI is InChI=1S/C28H34O8/c29-21-22(30)24(32)26-25(23(21)31)35-27(15-7-13-19(33-27)17-9-3-1-4-10-17)28(36-26)16-8-14-20(34-28)18-11-5-2-6-12-18/h1-6,9-12,19-26,29-32H,7-8,13-16H2/t19-,20-,21+,22+,23-,24+,25+,26+,27-,28-/m0/s1. The van der Waals surface area contributed by atoms with Crippen molar-refractivity contribution in [1.82, 2.24) is 0 Å². The Labute approximate surface area is 210 Å². The Kier molecular flexibility index (Phi) is 6.42. The SMILES string of the molecule is O[C@@H]1[C@@H](O)[C@H](O)[C@H]2O[C@@]3(CCC[C@@H](c4ccccc4)O3)[C@]3(CCC[C@@H](c4ccccc4)O3)O[C@@H]2[C@@H]1O. The zero-order valence-corrected chi connectivity index (χ0v) is 20.1. The van der Waals surface area contributed by atoms with Gasteiger partial charge in [0.15, 0.2) is 0 Å². The number of aliphatic hydroxyl groups is 4. The predicted molar refractivity (Wildman–Crippen MR) is 127 cm³/mol. The first kappa shape index (κ1) is 24.5. The lowest BCUT2D eigenvalue weighted by atomic mass is 9.79. The number of rotatable bonds is 2. The molecule has 10 atom stereocenters. The van der Waals surface area contributed by atoms with Crippen LogP contribution >= 0.6 is 0 Å². The second-order valence-corrected chi connectivity index (χ2v) is 10.5. The van der Waals surface area contributed by atoms with E-state index in [9.17, 15) is 20.4 Å². The van der Waals surface area contributed by atoms with Gasteiger partial charge < -0.3 is 39.4 Å². The lowest BCUT2D eigenvalue weighted by Gasteiger charge is -2.62. The van der Waals surface area contributed by atoms with Crippen LogP contribution in [0.5, 0.6) is 0 Å². The van der Waals surface area contributed by atoms with Crippen LogP contribution in [0.1, 0.15) is 61.9 Å². The van der Waals surface area contributed by atoms with Crippen LogP contribution in [0.3, 0.4) is 0 Å². The molecule has 36 heavy (non-hydrogen) atoms. The van der Waals surface area contributed by atoms with Gasteiger partial charge >= 0.3 is 0 Å². The van der Waals surface area contributed by atoms with Gasteiger partial charge in [0.25, 0.3) is 0 Å². The van der Waals surface area contributed by atoms with Gasteiger partial charge in [0.1, 0.15) is 36.6 Å². The van der Waals surface area contributed by atoms with Crippen LogP contribution in [0.15, 0.2) is 60.7 Å². The van der Waals surface area contributed by atoms with Crippen LogP contribution in [0.4, 0.5) is 0 Å². The van der Waals surface area contributed by atoms with Crippen LogP contribution in [0.25, 0.3) is 0 Å². The molecule has 194 valence electrons. The molecule has 0 unspecified atom stereocenters. The van der Waals surface area contributed by atoms with E-state index in [-0.39, 0.29) is 12.2 Å². The number of fused-ring (bicyclic) bond motifs is 2. The van der Waals surface area contributed by atoms with Gasteiger partial charge in [-0.15, -0.1) is 0 Å². The van der Waals surface area contributed by atoms with E-state index in [1.165, 1.54) is 0 Å². The first-order chi connectivity index (χ1) is 17.4. The summed E-state index contributed by atoms with van der Waals surface area (Å²) >= 11 is 0. The number of aliphatic hydroxyl groups excluding tert-OH is 4. The lowest BCUT2D eigenvalue weighted by Crippen LogP contribution is -2.77. The Morgan fingerprint density at radius 1 is 0.528 bits per heavy atom. The Hall–Kier alpha value is -1.88. The average molecular weight is 499 g/mol. The summed E-state index contributed by atoms with van der Waals surface area (Å²) in [6.07, 6.45) is -4.80. The Balaban J connectivity index is 1.41. The molecule has 1 saturated carbocycles. The normalized spacial score (nSPS) is 44.9. The van der Waals surface area contributed by atoms with Gasteiger partial charge in [-0.05, 0) is 36.8 Å². The summed E-state index contributed by atoms with van der Waals surface area (Å²) in [5.41, 5.74) is 2.01. The zero-order chi connectivity index (χ0) is 24.9.